The summed E-state index contributed by atoms with van der Waals surface area (Å²) in [4.78, 5) is 10.8. The highest BCUT2D eigenvalue weighted by Gasteiger charge is 2.20. The van der Waals surface area contributed by atoms with Crippen molar-refractivity contribution < 1.29 is 4.74 Å². The van der Waals surface area contributed by atoms with E-state index in [0.717, 1.165) is 49.2 Å². The van der Waals surface area contributed by atoms with Gasteiger partial charge in [0, 0.05) is 43.9 Å². The standard InChI is InChI=1S/C21H28ClN5O/c1-23-21(25-11-14-28-20-3-2-10-24-15-20)26-19-8-12-27(13-9-19)16-17-4-6-18(22)7-5-17/h2-7,10,15,19H,8-9,11-14,16H2,1H3,(H2,23,25,26). The molecule has 0 atom stereocenters. The van der Waals surface area contributed by atoms with Gasteiger partial charge in [0.05, 0.1) is 12.7 Å². The maximum absolute atomic E-state index is 5.96. The lowest BCUT2D eigenvalue weighted by Crippen LogP contribution is -2.49. The number of guanidine groups is 1. The summed E-state index contributed by atoms with van der Waals surface area (Å²) in [7, 11) is 1.80. The number of rotatable bonds is 7. The molecule has 1 fully saturated rings. The number of piperidine rings is 1. The Hall–Kier alpha value is -2.31. The minimum atomic E-state index is 0.437. The number of aromatic nitrogens is 1. The summed E-state index contributed by atoms with van der Waals surface area (Å²) in [5.74, 6) is 1.60. The van der Waals surface area contributed by atoms with Crippen LogP contribution in [0.25, 0.3) is 0 Å². The second kappa shape index (κ2) is 10.9. The summed E-state index contributed by atoms with van der Waals surface area (Å²) in [6, 6.07) is 12.3. The molecule has 1 aliphatic heterocycles. The number of likely N-dealkylation sites (tertiary alicyclic amines) is 1. The Morgan fingerprint density at radius 1 is 1.25 bits per heavy atom. The molecule has 1 aromatic heterocycles. The number of nitrogens with one attached hydrogen (secondary N) is 2. The summed E-state index contributed by atoms with van der Waals surface area (Å²) in [6.45, 7) is 4.36. The van der Waals surface area contributed by atoms with Crippen LogP contribution in [0, 0.1) is 0 Å². The summed E-state index contributed by atoms with van der Waals surface area (Å²) >= 11 is 5.96. The Morgan fingerprint density at radius 2 is 2.04 bits per heavy atom. The molecule has 1 aliphatic rings. The number of nitrogens with zero attached hydrogens (tertiary/aromatic N) is 3. The van der Waals surface area contributed by atoms with Gasteiger partial charge in [-0.25, -0.2) is 0 Å². The average Bonchev–Trinajstić information content (AvgIpc) is 2.74. The van der Waals surface area contributed by atoms with E-state index < -0.39 is 0 Å². The van der Waals surface area contributed by atoms with E-state index in [4.69, 9.17) is 16.3 Å². The molecule has 0 aliphatic carbocycles. The second-order valence-electron chi connectivity index (χ2n) is 6.86. The van der Waals surface area contributed by atoms with Gasteiger partial charge in [0.15, 0.2) is 5.96 Å². The van der Waals surface area contributed by atoms with E-state index in [2.05, 4.69) is 37.6 Å². The summed E-state index contributed by atoms with van der Waals surface area (Å²) in [5, 5.41) is 7.62. The van der Waals surface area contributed by atoms with Gasteiger partial charge in [0.25, 0.3) is 0 Å². The first-order valence-electron chi connectivity index (χ1n) is 9.70. The lowest BCUT2D eigenvalue weighted by molar-refractivity contribution is 0.198. The highest BCUT2D eigenvalue weighted by molar-refractivity contribution is 6.30. The number of hydrogen-bond donors (Lipinski definition) is 2. The molecule has 7 heteroatoms. The monoisotopic (exact) mass is 401 g/mol. The van der Waals surface area contributed by atoms with E-state index in [1.807, 2.05) is 24.3 Å². The minimum absolute atomic E-state index is 0.437. The normalized spacial score (nSPS) is 16.0. The number of pyridine rings is 1. The molecular formula is C21H28ClN5O. The Kier molecular flexibility index (Phi) is 7.94. The van der Waals surface area contributed by atoms with Crippen LogP contribution >= 0.6 is 11.6 Å². The predicted molar refractivity (Wildman–Crippen MR) is 114 cm³/mol. The van der Waals surface area contributed by atoms with Gasteiger partial charge in [-0.15, -0.1) is 0 Å². The molecule has 0 spiro atoms. The number of halogens is 1. The van der Waals surface area contributed by atoms with Crippen molar-refractivity contribution in [3.8, 4) is 5.75 Å². The third-order valence-corrected chi connectivity index (χ3v) is 5.02. The number of ether oxygens (including phenoxy) is 1. The SMILES string of the molecule is CN=C(NCCOc1cccnc1)NC1CCN(Cc2ccc(Cl)cc2)CC1. The molecule has 2 aromatic rings. The largest absolute Gasteiger partial charge is 0.490 e. The lowest BCUT2D eigenvalue weighted by atomic mass is 10.0. The van der Waals surface area contributed by atoms with Gasteiger partial charge in [-0.2, -0.15) is 0 Å². The maximum Gasteiger partial charge on any atom is 0.191 e. The molecule has 150 valence electrons. The van der Waals surface area contributed by atoms with Crippen LogP contribution in [-0.4, -0.2) is 55.2 Å². The first-order chi connectivity index (χ1) is 13.7. The molecule has 1 saturated heterocycles. The molecule has 6 nitrogen and oxygen atoms in total. The molecule has 2 heterocycles. The molecule has 0 bridgehead atoms. The van der Waals surface area contributed by atoms with Crippen molar-refractivity contribution in [2.75, 3.05) is 33.3 Å². The maximum atomic E-state index is 5.96. The topological polar surface area (TPSA) is 61.8 Å². The summed E-state index contributed by atoms with van der Waals surface area (Å²) in [6.07, 6.45) is 5.64. The molecule has 0 unspecified atom stereocenters. The van der Waals surface area contributed by atoms with Crippen LogP contribution < -0.4 is 15.4 Å². The second-order valence-corrected chi connectivity index (χ2v) is 7.29. The molecule has 0 amide bonds. The molecule has 0 saturated carbocycles. The number of hydrogen-bond acceptors (Lipinski definition) is 4. The fourth-order valence-corrected chi connectivity index (χ4v) is 3.37. The van der Waals surface area contributed by atoms with Gasteiger partial charge >= 0.3 is 0 Å². The predicted octanol–water partition coefficient (Wildman–Crippen LogP) is 2.94. The molecular weight excluding hydrogens is 374 g/mol. The first kappa shape index (κ1) is 20.4. The van der Waals surface area contributed by atoms with Crippen LogP contribution in [0.2, 0.25) is 5.02 Å². The van der Waals surface area contributed by atoms with Gasteiger partial charge in [-0.3, -0.25) is 14.9 Å². The van der Waals surface area contributed by atoms with E-state index in [1.54, 1.807) is 19.4 Å². The molecule has 0 radical (unpaired) electrons. The van der Waals surface area contributed by atoms with Crippen LogP contribution in [0.1, 0.15) is 18.4 Å². The summed E-state index contributed by atoms with van der Waals surface area (Å²) < 4.78 is 5.65. The van der Waals surface area contributed by atoms with Crippen LogP contribution in [-0.2, 0) is 6.54 Å². The zero-order valence-electron chi connectivity index (χ0n) is 16.3. The Bertz CT molecular complexity index is 730. The Morgan fingerprint density at radius 3 is 2.71 bits per heavy atom. The average molecular weight is 402 g/mol. The fourth-order valence-electron chi connectivity index (χ4n) is 3.24. The fraction of sp³-hybridized carbons (Fsp3) is 0.429. The van der Waals surface area contributed by atoms with Crippen LogP contribution in [0.5, 0.6) is 5.75 Å². The quantitative estimate of drug-likeness (QED) is 0.424. The molecule has 3 rings (SSSR count). The van der Waals surface area contributed by atoms with Crippen molar-refractivity contribution >= 4 is 17.6 Å². The van der Waals surface area contributed by atoms with Gasteiger partial charge in [-0.1, -0.05) is 23.7 Å². The third-order valence-electron chi connectivity index (χ3n) is 4.77. The van der Waals surface area contributed by atoms with Crippen molar-refractivity contribution in [1.82, 2.24) is 20.5 Å². The van der Waals surface area contributed by atoms with E-state index in [9.17, 15) is 0 Å². The zero-order chi connectivity index (χ0) is 19.6. The summed E-state index contributed by atoms with van der Waals surface area (Å²) in [5.41, 5.74) is 1.31. The van der Waals surface area contributed by atoms with Crippen LogP contribution in [0.15, 0.2) is 53.8 Å². The van der Waals surface area contributed by atoms with E-state index in [1.165, 1.54) is 5.56 Å². The van der Waals surface area contributed by atoms with Gasteiger partial charge in [0.1, 0.15) is 12.4 Å². The van der Waals surface area contributed by atoms with Gasteiger partial charge < -0.3 is 15.4 Å². The van der Waals surface area contributed by atoms with E-state index in [0.29, 0.717) is 19.2 Å². The highest BCUT2D eigenvalue weighted by Crippen LogP contribution is 2.16. The minimum Gasteiger partial charge on any atom is -0.490 e. The highest BCUT2D eigenvalue weighted by atomic mass is 35.5. The van der Waals surface area contributed by atoms with Crippen LogP contribution in [0.4, 0.5) is 0 Å². The van der Waals surface area contributed by atoms with E-state index in [-0.39, 0.29) is 0 Å². The Labute approximate surface area is 172 Å². The smallest absolute Gasteiger partial charge is 0.191 e. The van der Waals surface area contributed by atoms with Crippen molar-refractivity contribution in [2.45, 2.75) is 25.4 Å². The van der Waals surface area contributed by atoms with Crippen molar-refractivity contribution in [2.24, 2.45) is 4.99 Å². The van der Waals surface area contributed by atoms with Crippen molar-refractivity contribution in [3.05, 3.63) is 59.4 Å². The Balaban J connectivity index is 1.34. The van der Waals surface area contributed by atoms with Crippen molar-refractivity contribution in [3.63, 3.8) is 0 Å². The third kappa shape index (κ3) is 6.69. The van der Waals surface area contributed by atoms with Crippen molar-refractivity contribution in [1.29, 1.82) is 0 Å². The lowest BCUT2D eigenvalue weighted by Gasteiger charge is -2.33. The molecule has 1 aromatic carbocycles. The van der Waals surface area contributed by atoms with E-state index >= 15 is 0 Å². The zero-order valence-corrected chi connectivity index (χ0v) is 17.0. The van der Waals surface area contributed by atoms with Crippen LogP contribution in [0.3, 0.4) is 0 Å². The first-order valence-corrected chi connectivity index (χ1v) is 10.1. The van der Waals surface area contributed by atoms with Gasteiger partial charge in [-0.05, 0) is 42.7 Å². The van der Waals surface area contributed by atoms with Gasteiger partial charge in [0.2, 0.25) is 0 Å². The molecule has 28 heavy (non-hydrogen) atoms. The molecule has 2 N–H and O–H groups in total. The number of benzene rings is 1. The number of aliphatic imine (C=N–C) groups is 1.